The third kappa shape index (κ3) is 3.49. The topological polar surface area (TPSA) is 29.5 Å². The molecule has 0 fully saturated rings. The van der Waals surface area contributed by atoms with Crippen LogP contribution in [0, 0.1) is 0 Å². The van der Waals surface area contributed by atoms with E-state index < -0.39 is 17.8 Å². The maximum atomic E-state index is 12.5. The molecule has 0 aliphatic carbocycles. The van der Waals surface area contributed by atoms with Crippen molar-refractivity contribution in [3.05, 3.63) is 64.2 Å². The van der Waals surface area contributed by atoms with Crippen molar-refractivity contribution in [1.29, 1.82) is 0 Å². The molecule has 0 saturated carbocycles. The van der Waals surface area contributed by atoms with E-state index in [4.69, 9.17) is 16.3 Å². The van der Waals surface area contributed by atoms with Crippen molar-refractivity contribution >= 4 is 11.6 Å². The van der Waals surface area contributed by atoms with Crippen LogP contribution >= 0.6 is 11.6 Å². The Bertz CT molecular complexity index is 624. The van der Waals surface area contributed by atoms with Gasteiger partial charge in [-0.15, -0.1) is 0 Å². The number of ether oxygens (including phenoxy) is 1. The van der Waals surface area contributed by atoms with E-state index >= 15 is 0 Å². The molecule has 21 heavy (non-hydrogen) atoms. The Labute approximate surface area is 124 Å². The maximum Gasteiger partial charge on any atom is 0.416 e. The fraction of sp³-hybridized carbons (Fsp3) is 0.200. The van der Waals surface area contributed by atoms with Crippen molar-refractivity contribution in [1.82, 2.24) is 0 Å². The van der Waals surface area contributed by atoms with Crippen molar-refractivity contribution in [2.24, 2.45) is 0 Å². The number of alkyl halides is 3. The standard InChI is InChI=1S/C15H12ClF3O2/c1-21-13-8-10(4-7-12(13)16)14(20)9-2-5-11(6-3-9)15(17,18)19/h2-8,14,20H,1H3. The van der Waals surface area contributed by atoms with Gasteiger partial charge < -0.3 is 9.84 Å². The fourth-order valence-electron chi connectivity index (χ4n) is 1.89. The molecule has 1 atom stereocenters. The van der Waals surface area contributed by atoms with Gasteiger partial charge in [0.25, 0.3) is 0 Å². The monoisotopic (exact) mass is 316 g/mol. The van der Waals surface area contributed by atoms with E-state index in [0.29, 0.717) is 21.9 Å². The Kier molecular flexibility index (Phi) is 4.44. The molecule has 0 aliphatic heterocycles. The van der Waals surface area contributed by atoms with E-state index in [9.17, 15) is 18.3 Å². The molecule has 2 nitrogen and oxygen atoms in total. The highest BCUT2D eigenvalue weighted by Crippen LogP contribution is 2.33. The van der Waals surface area contributed by atoms with E-state index in [0.717, 1.165) is 12.1 Å². The number of aliphatic hydroxyl groups excluding tert-OH is 1. The Hall–Kier alpha value is -1.72. The summed E-state index contributed by atoms with van der Waals surface area (Å²) in [5.74, 6) is 0.389. The van der Waals surface area contributed by atoms with Gasteiger partial charge in [0.05, 0.1) is 17.7 Å². The Morgan fingerprint density at radius 3 is 2.14 bits per heavy atom. The van der Waals surface area contributed by atoms with Crippen LogP contribution in [-0.2, 0) is 6.18 Å². The molecule has 2 rings (SSSR count). The average molecular weight is 317 g/mol. The third-order valence-electron chi connectivity index (χ3n) is 3.04. The van der Waals surface area contributed by atoms with Crippen LogP contribution in [0.5, 0.6) is 5.75 Å². The van der Waals surface area contributed by atoms with Gasteiger partial charge in [-0.1, -0.05) is 29.8 Å². The molecule has 0 amide bonds. The summed E-state index contributed by atoms with van der Waals surface area (Å²) in [4.78, 5) is 0. The number of benzene rings is 2. The highest BCUT2D eigenvalue weighted by molar-refractivity contribution is 6.32. The number of hydrogen-bond acceptors (Lipinski definition) is 2. The first-order valence-corrected chi connectivity index (χ1v) is 6.39. The lowest BCUT2D eigenvalue weighted by Crippen LogP contribution is -2.06. The van der Waals surface area contributed by atoms with Gasteiger partial charge in [0.2, 0.25) is 0 Å². The quantitative estimate of drug-likeness (QED) is 0.906. The second-order valence-corrected chi connectivity index (χ2v) is 4.82. The van der Waals surface area contributed by atoms with Gasteiger partial charge in [-0.05, 0) is 35.4 Å². The van der Waals surface area contributed by atoms with Crippen LogP contribution in [0.15, 0.2) is 42.5 Å². The molecule has 2 aromatic rings. The zero-order valence-corrected chi connectivity index (χ0v) is 11.7. The molecule has 0 heterocycles. The minimum atomic E-state index is -4.40. The number of hydrogen-bond donors (Lipinski definition) is 1. The lowest BCUT2D eigenvalue weighted by atomic mass is 10.00. The predicted octanol–water partition coefficient (Wildman–Crippen LogP) is 4.45. The molecule has 0 saturated heterocycles. The lowest BCUT2D eigenvalue weighted by Gasteiger charge is -2.14. The number of methoxy groups -OCH3 is 1. The van der Waals surface area contributed by atoms with E-state index in [2.05, 4.69) is 0 Å². The van der Waals surface area contributed by atoms with Gasteiger partial charge in [0.15, 0.2) is 0 Å². The normalized spacial score (nSPS) is 13.0. The lowest BCUT2D eigenvalue weighted by molar-refractivity contribution is -0.137. The van der Waals surface area contributed by atoms with Crippen LogP contribution in [0.1, 0.15) is 22.8 Å². The van der Waals surface area contributed by atoms with Crippen LogP contribution in [-0.4, -0.2) is 12.2 Å². The van der Waals surface area contributed by atoms with E-state index in [-0.39, 0.29) is 0 Å². The maximum absolute atomic E-state index is 12.5. The molecule has 112 valence electrons. The number of rotatable bonds is 3. The highest BCUT2D eigenvalue weighted by atomic mass is 35.5. The highest BCUT2D eigenvalue weighted by Gasteiger charge is 2.30. The van der Waals surface area contributed by atoms with Crippen molar-refractivity contribution in [2.45, 2.75) is 12.3 Å². The molecular weight excluding hydrogens is 305 g/mol. The molecule has 0 spiro atoms. The van der Waals surface area contributed by atoms with Crippen LogP contribution in [0.25, 0.3) is 0 Å². The van der Waals surface area contributed by atoms with Crippen molar-refractivity contribution < 1.29 is 23.0 Å². The summed E-state index contributed by atoms with van der Waals surface area (Å²) in [6, 6.07) is 9.06. The predicted molar refractivity (Wildman–Crippen MR) is 73.5 cm³/mol. The molecule has 0 aromatic heterocycles. The van der Waals surface area contributed by atoms with Gasteiger partial charge in [-0.3, -0.25) is 0 Å². The smallest absolute Gasteiger partial charge is 0.416 e. The molecule has 2 aromatic carbocycles. The Morgan fingerprint density at radius 2 is 1.62 bits per heavy atom. The van der Waals surface area contributed by atoms with Gasteiger partial charge in [0, 0.05) is 0 Å². The minimum absolute atomic E-state index is 0.354. The molecule has 0 radical (unpaired) electrons. The van der Waals surface area contributed by atoms with Crippen LogP contribution in [0.4, 0.5) is 13.2 Å². The van der Waals surface area contributed by atoms with Crippen molar-refractivity contribution in [3.8, 4) is 5.75 Å². The molecule has 6 heteroatoms. The summed E-state index contributed by atoms with van der Waals surface area (Å²) in [5.41, 5.74) is 0.0792. The third-order valence-corrected chi connectivity index (χ3v) is 3.36. The summed E-state index contributed by atoms with van der Waals surface area (Å²) < 4.78 is 42.5. The van der Waals surface area contributed by atoms with E-state index in [1.807, 2.05) is 0 Å². The molecular formula is C15H12ClF3O2. The summed E-state index contributed by atoms with van der Waals surface area (Å²) in [6.45, 7) is 0. The average Bonchev–Trinajstić information content (AvgIpc) is 2.46. The van der Waals surface area contributed by atoms with Gasteiger partial charge in [0.1, 0.15) is 11.9 Å². The van der Waals surface area contributed by atoms with Crippen LogP contribution in [0.3, 0.4) is 0 Å². The Balaban J connectivity index is 2.29. The van der Waals surface area contributed by atoms with Crippen LogP contribution in [0.2, 0.25) is 5.02 Å². The van der Waals surface area contributed by atoms with Crippen LogP contribution < -0.4 is 4.74 Å². The largest absolute Gasteiger partial charge is 0.495 e. The van der Waals surface area contributed by atoms with Gasteiger partial charge >= 0.3 is 6.18 Å². The fourth-order valence-corrected chi connectivity index (χ4v) is 2.09. The molecule has 0 aliphatic rings. The second-order valence-electron chi connectivity index (χ2n) is 4.42. The number of halogens is 4. The first-order chi connectivity index (χ1) is 9.82. The number of aliphatic hydroxyl groups is 1. The summed E-state index contributed by atoms with van der Waals surface area (Å²) >= 11 is 5.89. The molecule has 0 bridgehead atoms. The minimum Gasteiger partial charge on any atom is -0.495 e. The summed E-state index contributed by atoms with van der Waals surface area (Å²) in [5, 5.41) is 10.6. The molecule has 1 N–H and O–H groups in total. The van der Waals surface area contributed by atoms with Gasteiger partial charge in [-0.2, -0.15) is 13.2 Å². The first-order valence-electron chi connectivity index (χ1n) is 6.01. The Morgan fingerprint density at radius 1 is 1.05 bits per heavy atom. The van der Waals surface area contributed by atoms with E-state index in [1.54, 1.807) is 18.2 Å². The van der Waals surface area contributed by atoms with Gasteiger partial charge in [-0.25, -0.2) is 0 Å². The zero-order chi connectivity index (χ0) is 15.6. The van der Waals surface area contributed by atoms with Crippen molar-refractivity contribution in [2.75, 3.05) is 7.11 Å². The molecule has 1 unspecified atom stereocenters. The second kappa shape index (κ2) is 5.95. The first kappa shape index (κ1) is 15.7. The van der Waals surface area contributed by atoms with E-state index in [1.165, 1.54) is 19.2 Å². The summed E-state index contributed by atoms with van der Waals surface area (Å²) in [6.07, 6.45) is -5.45. The zero-order valence-electron chi connectivity index (χ0n) is 11.0. The van der Waals surface area contributed by atoms with Crippen molar-refractivity contribution in [3.63, 3.8) is 0 Å². The summed E-state index contributed by atoms with van der Waals surface area (Å²) in [7, 11) is 1.44. The SMILES string of the molecule is COc1cc(C(O)c2ccc(C(F)(F)F)cc2)ccc1Cl.